The lowest BCUT2D eigenvalue weighted by molar-refractivity contribution is -0.205. The molecule has 0 aromatic heterocycles. The van der Waals surface area contributed by atoms with Crippen LogP contribution in [0, 0.1) is 0 Å². The largest absolute Gasteiger partial charge is 0.416 e. The van der Waals surface area contributed by atoms with Crippen LogP contribution in [0.2, 0.25) is 0 Å². The normalized spacial score (nSPS) is 19.2. The molecule has 1 unspecified atom stereocenters. The number of halogens is 3. The van der Waals surface area contributed by atoms with E-state index in [2.05, 4.69) is 9.98 Å². The van der Waals surface area contributed by atoms with Gasteiger partial charge >= 0.3 is 6.18 Å². The zero-order valence-electron chi connectivity index (χ0n) is 6.57. The summed E-state index contributed by atoms with van der Waals surface area (Å²) in [6.07, 6.45) is -4.49. The minimum absolute atomic E-state index is 0.0939. The molecule has 0 fully saturated rings. The highest BCUT2D eigenvalue weighted by Crippen LogP contribution is 2.20. The standard InChI is InChI=1S/C6H8F3N3O/c7-6(8,9)5(13)1-12-3-10-2-11-4-12/h2-3,5,13H,1,4H2. The Balaban J connectivity index is 2.41. The van der Waals surface area contributed by atoms with E-state index in [1.807, 2.05) is 0 Å². The van der Waals surface area contributed by atoms with E-state index in [0.717, 1.165) is 0 Å². The molecule has 13 heavy (non-hydrogen) atoms. The first-order valence-corrected chi connectivity index (χ1v) is 3.50. The van der Waals surface area contributed by atoms with Crippen LogP contribution < -0.4 is 0 Å². The van der Waals surface area contributed by atoms with Crippen LogP contribution in [0.15, 0.2) is 9.98 Å². The lowest BCUT2D eigenvalue weighted by Crippen LogP contribution is -2.41. The van der Waals surface area contributed by atoms with Crippen molar-refractivity contribution in [2.75, 3.05) is 13.2 Å². The molecule has 1 aliphatic heterocycles. The van der Waals surface area contributed by atoms with Gasteiger partial charge in [-0.15, -0.1) is 0 Å². The van der Waals surface area contributed by atoms with Crippen molar-refractivity contribution in [3.05, 3.63) is 0 Å². The summed E-state index contributed by atoms with van der Waals surface area (Å²) in [5, 5.41) is 8.66. The van der Waals surface area contributed by atoms with Crippen LogP contribution in [0.25, 0.3) is 0 Å². The summed E-state index contributed by atoms with van der Waals surface area (Å²) in [7, 11) is 0. The molecular formula is C6H8F3N3O. The number of rotatable bonds is 2. The van der Waals surface area contributed by atoms with Crippen molar-refractivity contribution in [1.29, 1.82) is 0 Å². The fourth-order valence-corrected chi connectivity index (χ4v) is 0.780. The third-order valence-corrected chi connectivity index (χ3v) is 1.43. The van der Waals surface area contributed by atoms with Gasteiger partial charge in [-0.1, -0.05) is 0 Å². The maximum atomic E-state index is 11.8. The minimum Gasteiger partial charge on any atom is -0.382 e. The number of hydrogen-bond donors (Lipinski definition) is 1. The quantitative estimate of drug-likeness (QED) is 0.686. The van der Waals surface area contributed by atoms with Gasteiger partial charge in [0.25, 0.3) is 0 Å². The minimum atomic E-state index is -4.59. The van der Waals surface area contributed by atoms with E-state index < -0.39 is 18.8 Å². The first-order chi connectivity index (χ1) is 6.00. The molecule has 0 saturated carbocycles. The second-order valence-corrected chi connectivity index (χ2v) is 2.53. The molecule has 0 amide bonds. The number of hydrogen-bond acceptors (Lipinski definition) is 4. The number of alkyl halides is 3. The van der Waals surface area contributed by atoms with Gasteiger partial charge in [0.15, 0.2) is 6.10 Å². The van der Waals surface area contributed by atoms with Crippen LogP contribution in [-0.4, -0.2) is 48.2 Å². The summed E-state index contributed by atoms with van der Waals surface area (Å²) in [6.45, 7) is -0.443. The predicted molar refractivity (Wildman–Crippen MR) is 40.6 cm³/mol. The summed E-state index contributed by atoms with van der Waals surface area (Å²) >= 11 is 0. The first kappa shape index (κ1) is 9.97. The van der Waals surface area contributed by atoms with Crippen LogP contribution in [0.3, 0.4) is 0 Å². The van der Waals surface area contributed by atoms with Gasteiger partial charge in [-0.25, -0.2) is 4.99 Å². The zero-order chi connectivity index (χ0) is 9.90. The van der Waals surface area contributed by atoms with Crippen molar-refractivity contribution in [3.63, 3.8) is 0 Å². The molecule has 0 aliphatic carbocycles. The van der Waals surface area contributed by atoms with E-state index in [1.54, 1.807) is 0 Å². The molecule has 74 valence electrons. The fraction of sp³-hybridized carbons (Fsp3) is 0.667. The molecule has 7 heteroatoms. The SMILES string of the molecule is OC(CN1C=NC=NC1)C(F)(F)F. The van der Waals surface area contributed by atoms with Crippen molar-refractivity contribution in [1.82, 2.24) is 4.90 Å². The van der Waals surface area contributed by atoms with Gasteiger partial charge in [0.05, 0.1) is 12.9 Å². The summed E-state index contributed by atoms with van der Waals surface area (Å²) in [4.78, 5) is 8.32. The summed E-state index contributed by atoms with van der Waals surface area (Å²) in [6, 6.07) is 0. The highest BCUT2D eigenvalue weighted by molar-refractivity contribution is 5.72. The van der Waals surface area contributed by atoms with E-state index in [0.29, 0.717) is 0 Å². The van der Waals surface area contributed by atoms with Crippen molar-refractivity contribution < 1.29 is 18.3 Å². The molecule has 0 radical (unpaired) electrons. The lowest BCUT2D eigenvalue weighted by Gasteiger charge is -2.23. The lowest BCUT2D eigenvalue weighted by atomic mass is 10.3. The maximum absolute atomic E-state index is 11.8. The summed E-state index contributed by atoms with van der Waals surface area (Å²) < 4.78 is 35.5. The molecule has 1 N–H and O–H groups in total. The van der Waals surface area contributed by atoms with Gasteiger partial charge in [-0.3, -0.25) is 4.99 Å². The Hall–Kier alpha value is -1.11. The van der Waals surface area contributed by atoms with E-state index in [-0.39, 0.29) is 6.67 Å². The Morgan fingerprint density at radius 1 is 1.54 bits per heavy atom. The number of β-amino-alcohol motifs (C(OH)–C–C–N with tert-alkyl or cyclic N) is 1. The monoisotopic (exact) mass is 195 g/mol. The van der Waals surface area contributed by atoms with E-state index in [9.17, 15) is 13.2 Å². The average Bonchev–Trinajstić information content (AvgIpc) is 2.04. The summed E-state index contributed by atoms with van der Waals surface area (Å²) in [5.41, 5.74) is 0. The Bertz CT molecular complexity index is 226. The van der Waals surface area contributed by atoms with Gasteiger partial charge in [0.1, 0.15) is 13.0 Å². The molecule has 1 atom stereocenters. The molecule has 1 rings (SSSR count). The molecule has 0 saturated heterocycles. The van der Waals surface area contributed by atoms with E-state index >= 15 is 0 Å². The van der Waals surface area contributed by atoms with Crippen LogP contribution in [0.5, 0.6) is 0 Å². The molecule has 0 spiro atoms. The average molecular weight is 195 g/mol. The topological polar surface area (TPSA) is 48.2 Å². The van der Waals surface area contributed by atoms with E-state index in [4.69, 9.17) is 5.11 Å². The Kier molecular flexibility index (Phi) is 2.86. The van der Waals surface area contributed by atoms with Crippen molar-refractivity contribution in [3.8, 4) is 0 Å². The van der Waals surface area contributed by atoms with Gasteiger partial charge in [-0.2, -0.15) is 13.2 Å². The van der Waals surface area contributed by atoms with Crippen LogP contribution in [0.1, 0.15) is 0 Å². The van der Waals surface area contributed by atoms with Gasteiger partial charge in [-0.05, 0) is 0 Å². The van der Waals surface area contributed by atoms with Crippen LogP contribution >= 0.6 is 0 Å². The fourth-order valence-electron chi connectivity index (χ4n) is 0.780. The number of nitrogens with zero attached hydrogens (tertiary/aromatic N) is 3. The molecule has 0 bridgehead atoms. The zero-order valence-corrected chi connectivity index (χ0v) is 6.57. The van der Waals surface area contributed by atoms with Gasteiger partial charge < -0.3 is 10.0 Å². The first-order valence-electron chi connectivity index (χ1n) is 3.50. The van der Waals surface area contributed by atoms with Gasteiger partial charge in [0.2, 0.25) is 0 Å². The Morgan fingerprint density at radius 3 is 2.69 bits per heavy atom. The molecular weight excluding hydrogens is 187 g/mol. The third-order valence-electron chi connectivity index (χ3n) is 1.43. The van der Waals surface area contributed by atoms with Crippen LogP contribution in [0.4, 0.5) is 13.2 Å². The Labute approximate surface area is 72.4 Å². The number of aliphatic imine (C=N–C) groups is 2. The maximum Gasteiger partial charge on any atom is 0.416 e. The summed E-state index contributed by atoms with van der Waals surface area (Å²) in [5.74, 6) is 0. The van der Waals surface area contributed by atoms with Crippen molar-refractivity contribution in [2.24, 2.45) is 9.98 Å². The molecule has 1 aliphatic rings. The van der Waals surface area contributed by atoms with Crippen LogP contribution in [-0.2, 0) is 0 Å². The Morgan fingerprint density at radius 2 is 2.23 bits per heavy atom. The number of aliphatic hydroxyl groups is 1. The van der Waals surface area contributed by atoms with Gasteiger partial charge in [0, 0.05) is 0 Å². The highest BCUT2D eigenvalue weighted by atomic mass is 19.4. The van der Waals surface area contributed by atoms with E-state index in [1.165, 1.54) is 17.6 Å². The molecule has 0 aromatic rings. The van der Waals surface area contributed by atoms with Crippen molar-refractivity contribution in [2.45, 2.75) is 12.3 Å². The predicted octanol–water partition coefficient (Wildman–Crippen LogP) is 0.239. The second kappa shape index (κ2) is 3.73. The number of aliphatic hydroxyl groups excluding tert-OH is 1. The third kappa shape index (κ3) is 3.02. The smallest absolute Gasteiger partial charge is 0.382 e. The molecule has 1 heterocycles. The van der Waals surface area contributed by atoms with Crippen molar-refractivity contribution >= 4 is 12.7 Å². The molecule has 4 nitrogen and oxygen atoms in total. The highest BCUT2D eigenvalue weighted by Gasteiger charge is 2.38. The second-order valence-electron chi connectivity index (χ2n) is 2.53. The molecule has 0 aromatic carbocycles.